The molecule has 0 aliphatic heterocycles. The first-order chi connectivity index (χ1) is 15.2. The van der Waals surface area contributed by atoms with E-state index in [0.717, 1.165) is 36.1 Å². The van der Waals surface area contributed by atoms with Gasteiger partial charge in [-0.05, 0) is 47.7 Å². The summed E-state index contributed by atoms with van der Waals surface area (Å²) in [6.07, 6.45) is 6.29. The van der Waals surface area contributed by atoms with E-state index in [9.17, 15) is 9.59 Å². The van der Waals surface area contributed by atoms with E-state index >= 15 is 0 Å². The van der Waals surface area contributed by atoms with Gasteiger partial charge in [0.2, 0.25) is 5.91 Å². The van der Waals surface area contributed by atoms with E-state index < -0.39 is 6.04 Å². The summed E-state index contributed by atoms with van der Waals surface area (Å²) in [5.41, 5.74) is 1.16. The quantitative estimate of drug-likeness (QED) is 0.478. The van der Waals surface area contributed by atoms with Crippen LogP contribution >= 0.6 is 22.7 Å². The lowest BCUT2D eigenvalue weighted by Gasteiger charge is -2.32. The van der Waals surface area contributed by atoms with Gasteiger partial charge in [-0.3, -0.25) is 9.59 Å². The number of nitrogens with one attached hydrogen (secondary N) is 1. The summed E-state index contributed by atoms with van der Waals surface area (Å²) in [7, 11) is 0. The van der Waals surface area contributed by atoms with Crippen LogP contribution in [0.1, 0.15) is 58.3 Å². The minimum absolute atomic E-state index is 0.0627. The van der Waals surface area contributed by atoms with Gasteiger partial charge in [0.05, 0.1) is 4.88 Å². The summed E-state index contributed by atoms with van der Waals surface area (Å²) in [6, 6.07) is 17.4. The van der Waals surface area contributed by atoms with Crippen LogP contribution in [0.5, 0.6) is 0 Å². The molecule has 31 heavy (non-hydrogen) atoms. The minimum atomic E-state index is -0.611. The zero-order chi connectivity index (χ0) is 21.5. The van der Waals surface area contributed by atoms with E-state index in [1.54, 1.807) is 4.90 Å². The Balaban J connectivity index is 1.61. The molecule has 0 saturated heterocycles. The lowest BCUT2D eigenvalue weighted by Crippen LogP contribution is -2.47. The first-order valence-corrected chi connectivity index (χ1v) is 12.7. The highest BCUT2D eigenvalue weighted by molar-refractivity contribution is 7.12. The topological polar surface area (TPSA) is 49.4 Å². The standard InChI is InChI=1S/C25H28N2O2S2/c28-24(26-20-11-5-2-6-12-20)23(21-13-7-17-30-21)27(25(29)22-14-8-18-31-22)16-15-19-9-3-1-4-10-19/h1,3-4,7-10,13-14,17-18,20,23H,2,5-6,11-12,15-16H2,(H,26,28)/t23-/m0/s1. The van der Waals surface area contributed by atoms with Gasteiger partial charge in [-0.2, -0.15) is 0 Å². The summed E-state index contributed by atoms with van der Waals surface area (Å²) >= 11 is 2.96. The molecule has 3 aromatic rings. The molecule has 2 heterocycles. The maximum atomic E-state index is 13.5. The van der Waals surface area contributed by atoms with Crippen molar-refractivity contribution in [2.45, 2.75) is 50.6 Å². The van der Waals surface area contributed by atoms with Crippen molar-refractivity contribution in [3.63, 3.8) is 0 Å². The first kappa shape index (κ1) is 21.8. The minimum Gasteiger partial charge on any atom is -0.351 e. The fraction of sp³-hybridized carbons (Fsp3) is 0.360. The number of carbonyl (C=O) groups is 2. The van der Waals surface area contributed by atoms with Crippen LogP contribution in [-0.2, 0) is 11.2 Å². The van der Waals surface area contributed by atoms with Gasteiger partial charge in [0.15, 0.2) is 0 Å². The third kappa shape index (κ3) is 5.63. The molecule has 4 rings (SSSR count). The molecule has 2 aromatic heterocycles. The molecule has 0 unspecified atom stereocenters. The molecule has 1 atom stereocenters. The molecule has 4 nitrogen and oxygen atoms in total. The zero-order valence-corrected chi connectivity index (χ0v) is 19.2. The van der Waals surface area contributed by atoms with Crippen LogP contribution in [0.15, 0.2) is 65.4 Å². The molecule has 1 aliphatic carbocycles. The number of benzene rings is 1. The van der Waals surface area contributed by atoms with Gasteiger partial charge in [0, 0.05) is 17.5 Å². The molecule has 0 spiro atoms. The van der Waals surface area contributed by atoms with E-state index in [1.807, 2.05) is 53.2 Å². The highest BCUT2D eigenvalue weighted by atomic mass is 32.1. The Labute approximate surface area is 191 Å². The second kappa shape index (κ2) is 10.7. The molecule has 6 heteroatoms. The molecule has 1 aromatic carbocycles. The van der Waals surface area contributed by atoms with Crippen LogP contribution in [0.2, 0.25) is 0 Å². The van der Waals surface area contributed by atoms with Gasteiger partial charge in [0.1, 0.15) is 6.04 Å². The van der Waals surface area contributed by atoms with Crippen molar-refractivity contribution >= 4 is 34.5 Å². The van der Waals surface area contributed by atoms with Crippen molar-refractivity contribution in [3.8, 4) is 0 Å². The molecular formula is C25H28N2O2S2. The number of rotatable bonds is 8. The largest absolute Gasteiger partial charge is 0.351 e. The van der Waals surface area contributed by atoms with Gasteiger partial charge in [0.25, 0.3) is 5.91 Å². The average molecular weight is 453 g/mol. The average Bonchev–Trinajstić information content (AvgIpc) is 3.52. The highest BCUT2D eigenvalue weighted by Crippen LogP contribution is 2.29. The maximum absolute atomic E-state index is 13.5. The Hall–Kier alpha value is -2.44. The van der Waals surface area contributed by atoms with Gasteiger partial charge >= 0.3 is 0 Å². The maximum Gasteiger partial charge on any atom is 0.264 e. The van der Waals surface area contributed by atoms with Crippen molar-refractivity contribution in [1.82, 2.24) is 10.2 Å². The molecule has 162 valence electrons. The van der Waals surface area contributed by atoms with Crippen molar-refractivity contribution in [2.75, 3.05) is 6.54 Å². The summed E-state index contributed by atoms with van der Waals surface area (Å²) in [4.78, 5) is 30.4. The number of thiophene rings is 2. The van der Waals surface area contributed by atoms with Crippen LogP contribution in [0.25, 0.3) is 0 Å². The van der Waals surface area contributed by atoms with Crippen LogP contribution in [0, 0.1) is 0 Å². The van der Waals surface area contributed by atoms with Crippen molar-refractivity contribution in [2.24, 2.45) is 0 Å². The van der Waals surface area contributed by atoms with Crippen LogP contribution < -0.4 is 5.32 Å². The van der Waals surface area contributed by atoms with Crippen LogP contribution in [0.4, 0.5) is 0 Å². The number of nitrogens with zero attached hydrogens (tertiary/aromatic N) is 1. The Morgan fingerprint density at radius 1 is 0.935 bits per heavy atom. The predicted octanol–water partition coefficient (Wildman–Crippen LogP) is 5.68. The molecule has 2 amide bonds. The molecule has 0 radical (unpaired) electrons. The van der Waals surface area contributed by atoms with Crippen molar-refractivity contribution < 1.29 is 9.59 Å². The molecular weight excluding hydrogens is 424 g/mol. The van der Waals surface area contributed by atoms with E-state index in [4.69, 9.17) is 0 Å². The van der Waals surface area contributed by atoms with E-state index in [1.165, 1.54) is 29.1 Å². The number of hydrogen-bond donors (Lipinski definition) is 1. The number of hydrogen-bond acceptors (Lipinski definition) is 4. The second-order valence-corrected chi connectivity index (χ2v) is 9.90. The van der Waals surface area contributed by atoms with Gasteiger partial charge in [-0.15, -0.1) is 22.7 Å². The summed E-state index contributed by atoms with van der Waals surface area (Å²) in [6.45, 7) is 0.488. The second-order valence-electron chi connectivity index (χ2n) is 7.97. The molecule has 1 saturated carbocycles. The van der Waals surface area contributed by atoms with Crippen LogP contribution in [0.3, 0.4) is 0 Å². The fourth-order valence-electron chi connectivity index (χ4n) is 4.18. The van der Waals surface area contributed by atoms with Crippen molar-refractivity contribution in [3.05, 3.63) is 80.7 Å². The summed E-state index contributed by atoms with van der Waals surface area (Å²) in [5.74, 6) is -0.143. The van der Waals surface area contributed by atoms with Crippen LogP contribution in [-0.4, -0.2) is 29.3 Å². The molecule has 1 N–H and O–H groups in total. The van der Waals surface area contributed by atoms with Gasteiger partial charge in [-0.1, -0.05) is 61.7 Å². The normalized spacial score (nSPS) is 15.4. The Bertz CT molecular complexity index is 949. The Morgan fingerprint density at radius 3 is 2.35 bits per heavy atom. The van der Waals surface area contributed by atoms with Gasteiger partial charge < -0.3 is 10.2 Å². The van der Waals surface area contributed by atoms with E-state index in [0.29, 0.717) is 17.8 Å². The number of carbonyl (C=O) groups excluding carboxylic acids is 2. The third-order valence-corrected chi connectivity index (χ3v) is 7.58. The van der Waals surface area contributed by atoms with E-state index in [-0.39, 0.29) is 17.9 Å². The smallest absolute Gasteiger partial charge is 0.264 e. The molecule has 1 fully saturated rings. The van der Waals surface area contributed by atoms with Gasteiger partial charge in [-0.25, -0.2) is 0 Å². The fourth-order valence-corrected chi connectivity index (χ4v) is 5.70. The summed E-state index contributed by atoms with van der Waals surface area (Å²) in [5, 5.41) is 7.14. The SMILES string of the molecule is O=C(NC1CCCCC1)[C@H](c1cccs1)N(CCc1ccccc1)C(=O)c1cccs1. The zero-order valence-electron chi connectivity index (χ0n) is 17.5. The highest BCUT2D eigenvalue weighted by Gasteiger charge is 2.34. The third-order valence-electron chi connectivity index (χ3n) is 5.80. The molecule has 1 aliphatic rings. The predicted molar refractivity (Wildman–Crippen MR) is 128 cm³/mol. The Kier molecular flexibility index (Phi) is 7.54. The lowest BCUT2D eigenvalue weighted by molar-refractivity contribution is -0.126. The monoisotopic (exact) mass is 452 g/mol. The van der Waals surface area contributed by atoms with E-state index in [2.05, 4.69) is 17.4 Å². The summed E-state index contributed by atoms with van der Waals surface area (Å²) < 4.78 is 0. The van der Waals surface area contributed by atoms with Crippen molar-refractivity contribution in [1.29, 1.82) is 0 Å². The number of amides is 2. The Morgan fingerprint density at radius 2 is 1.68 bits per heavy atom. The molecule has 0 bridgehead atoms. The first-order valence-electron chi connectivity index (χ1n) is 10.9. The lowest BCUT2D eigenvalue weighted by atomic mass is 9.95.